The number of fused-ring (bicyclic) bond motifs is 1. The van der Waals surface area contributed by atoms with Crippen LogP contribution in [-0.4, -0.2) is 54.4 Å². The van der Waals surface area contributed by atoms with E-state index in [-0.39, 0.29) is 39.1 Å². The van der Waals surface area contributed by atoms with E-state index in [1.54, 1.807) is 45.2 Å². The SMILES string of the molecule is COCCOc1ccccc1C(C)(C)S(=O)(=O)c1ccc(Cl)c(-n2c(=O)[nH]c3ccc(C(=O)O)nc32)c1. The number of hydrogen-bond donors (Lipinski definition) is 2. The van der Waals surface area contributed by atoms with Crippen LogP contribution in [0.2, 0.25) is 5.02 Å². The summed E-state index contributed by atoms with van der Waals surface area (Å²) < 4.78 is 38.3. The van der Waals surface area contributed by atoms with Crippen LogP contribution in [0.3, 0.4) is 0 Å². The van der Waals surface area contributed by atoms with Gasteiger partial charge in [-0.25, -0.2) is 27.6 Å². The lowest BCUT2D eigenvalue weighted by Crippen LogP contribution is -2.30. The van der Waals surface area contributed by atoms with E-state index in [1.807, 2.05) is 0 Å². The number of rotatable bonds is 9. The van der Waals surface area contributed by atoms with Gasteiger partial charge in [0.25, 0.3) is 0 Å². The Hall–Kier alpha value is -3.67. The van der Waals surface area contributed by atoms with Crippen molar-refractivity contribution >= 4 is 38.6 Å². The van der Waals surface area contributed by atoms with Crippen molar-refractivity contribution < 1.29 is 27.8 Å². The maximum atomic E-state index is 13.9. The fourth-order valence-electron chi connectivity index (χ4n) is 3.92. The largest absolute Gasteiger partial charge is 0.491 e. The second-order valence-corrected chi connectivity index (χ2v) is 11.5. The predicted molar refractivity (Wildman–Crippen MR) is 138 cm³/mol. The van der Waals surface area contributed by atoms with Gasteiger partial charge >= 0.3 is 11.7 Å². The van der Waals surface area contributed by atoms with E-state index in [4.69, 9.17) is 21.1 Å². The smallest absolute Gasteiger partial charge is 0.354 e. The number of carbonyl (C=O) groups is 1. The highest BCUT2D eigenvalue weighted by Gasteiger charge is 2.40. The zero-order chi connectivity index (χ0) is 27.0. The monoisotopic (exact) mass is 545 g/mol. The molecule has 12 heteroatoms. The average molecular weight is 546 g/mol. The third-order valence-corrected chi connectivity index (χ3v) is 8.73. The number of pyridine rings is 1. The number of para-hydroxylation sites is 1. The molecule has 2 aromatic heterocycles. The first-order chi connectivity index (χ1) is 17.5. The van der Waals surface area contributed by atoms with Gasteiger partial charge in [-0.2, -0.15) is 0 Å². The van der Waals surface area contributed by atoms with Crippen molar-refractivity contribution in [3.8, 4) is 11.4 Å². The number of methoxy groups -OCH3 is 1. The van der Waals surface area contributed by atoms with Crippen LogP contribution >= 0.6 is 11.6 Å². The van der Waals surface area contributed by atoms with Crippen molar-refractivity contribution in [1.82, 2.24) is 14.5 Å². The maximum absolute atomic E-state index is 13.9. The molecule has 0 saturated heterocycles. The summed E-state index contributed by atoms with van der Waals surface area (Å²) in [5.74, 6) is -0.877. The number of sulfone groups is 1. The Morgan fingerprint density at radius 1 is 1.14 bits per heavy atom. The second-order valence-electron chi connectivity index (χ2n) is 8.60. The molecule has 4 rings (SSSR count). The minimum atomic E-state index is -4.07. The number of imidazole rings is 1. The van der Waals surface area contributed by atoms with Crippen LogP contribution in [0.15, 0.2) is 64.3 Å². The molecule has 0 fully saturated rings. The number of carboxylic acids is 1. The number of H-pyrrole nitrogens is 1. The maximum Gasteiger partial charge on any atom is 0.354 e. The van der Waals surface area contributed by atoms with Crippen molar-refractivity contribution in [1.29, 1.82) is 0 Å². The van der Waals surface area contributed by atoms with Crippen LogP contribution in [0.5, 0.6) is 5.75 Å². The number of ether oxygens (including phenoxy) is 2. The van der Waals surface area contributed by atoms with Gasteiger partial charge < -0.3 is 19.6 Å². The van der Waals surface area contributed by atoms with Gasteiger partial charge in [0.05, 0.1) is 32.5 Å². The topological polar surface area (TPSA) is 141 Å². The summed E-state index contributed by atoms with van der Waals surface area (Å²) in [7, 11) is -2.53. The Morgan fingerprint density at radius 2 is 1.86 bits per heavy atom. The first kappa shape index (κ1) is 26.4. The third-order valence-electron chi connectivity index (χ3n) is 5.97. The molecule has 0 atom stereocenters. The molecule has 37 heavy (non-hydrogen) atoms. The molecule has 2 aromatic carbocycles. The number of aromatic nitrogens is 3. The lowest BCUT2D eigenvalue weighted by atomic mass is 10.0. The minimum Gasteiger partial charge on any atom is -0.491 e. The first-order valence-corrected chi connectivity index (χ1v) is 13.0. The van der Waals surface area contributed by atoms with E-state index in [9.17, 15) is 23.1 Å². The highest BCUT2D eigenvalue weighted by Crippen LogP contribution is 2.40. The minimum absolute atomic E-state index is 0.00232. The Bertz CT molecular complexity index is 1660. The van der Waals surface area contributed by atoms with E-state index >= 15 is 0 Å². The summed E-state index contributed by atoms with van der Waals surface area (Å²) in [5, 5.41) is 9.40. The Labute approximate surface area is 217 Å². The van der Waals surface area contributed by atoms with E-state index in [2.05, 4.69) is 9.97 Å². The van der Waals surface area contributed by atoms with Gasteiger partial charge in [-0.05, 0) is 50.2 Å². The number of hydrogen-bond acceptors (Lipinski definition) is 7. The molecule has 0 aliphatic carbocycles. The average Bonchev–Trinajstić information content (AvgIpc) is 3.19. The summed E-state index contributed by atoms with van der Waals surface area (Å²) in [6.45, 7) is 3.70. The number of carboxylic acid groups (broad SMARTS) is 1. The molecular formula is C25H24ClN3O7S. The Kier molecular flexibility index (Phi) is 7.13. The molecule has 10 nitrogen and oxygen atoms in total. The van der Waals surface area contributed by atoms with Crippen LogP contribution in [0.1, 0.15) is 29.9 Å². The summed E-state index contributed by atoms with van der Waals surface area (Å²) in [6, 6.07) is 13.5. The molecule has 0 spiro atoms. The van der Waals surface area contributed by atoms with Crippen LogP contribution in [0.25, 0.3) is 16.9 Å². The molecule has 0 bridgehead atoms. The molecule has 0 radical (unpaired) electrons. The van der Waals surface area contributed by atoms with Crippen molar-refractivity contribution in [2.24, 2.45) is 0 Å². The fourth-order valence-corrected chi connectivity index (χ4v) is 5.68. The summed E-state index contributed by atoms with van der Waals surface area (Å²) in [4.78, 5) is 30.8. The van der Waals surface area contributed by atoms with Crippen molar-refractivity contribution in [2.75, 3.05) is 20.3 Å². The van der Waals surface area contributed by atoms with Gasteiger partial charge in [0.15, 0.2) is 21.2 Å². The zero-order valence-electron chi connectivity index (χ0n) is 20.2. The van der Waals surface area contributed by atoms with Crippen LogP contribution < -0.4 is 10.4 Å². The van der Waals surface area contributed by atoms with Crippen LogP contribution in [-0.2, 0) is 19.3 Å². The summed E-state index contributed by atoms with van der Waals surface area (Å²) >= 11 is 6.40. The molecular weight excluding hydrogens is 522 g/mol. The molecule has 0 unspecified atom stereocenters. The van der Waals surface area contributed by atoms with E-state index < -0.39 is 26.2 Å². The van der Waals surface area contributed by atoms with Gasteiger partial charge in [-0.3, -0.25) is 0 Å². The Balaban J connectivity index is 1.85. The highest BCUT2D eigenvalue weighted by molar-refractivity contribution is 7.92. The third kappa shape index (κ3) is 4.73. The lowest BCUT2D eigenvalue weighted by molar-refractivity contribution is 0.0691. The number of nitrogens with one attached hydrogen (secondary N) is 1. The fraction of sp³-hybridized carbons (Fsp3) is 0.240. The number of aromatic amines is 1. The molecule has 0 amide bonds. The normalized spacial score (nSPS) is 12.1. The van der Waals surface area contributed by atoms with E-state index in [0.717, 1.165) is 4.57 Å². The number of benzene rings is 2. The molecule has 194 valence electrons. The molecule has 0 aliphatic heterocycles. The molecule has 2 N–H and O–H groups in total. The first-order valence-electron chi connectivity index (χ1n) is 11.1. The predicted octanol–water partition coefficient (Wildman–Crippen LogP) is 3.80. The van der Waals surface area contributed by atoms with Gasteiger partial charge in [0, 0.05) is 12.7 Å². The molecule has 0 saturated carbocycles. The quantitative estimate of drug-likeness (QED) is 0.303. The van der Waals surface area contributed by atoms with E-state index in [1.165, 1.54) is 30.3 Å². The van der Waals surface area contributed by atoms with Gasteiger partial charge in [0.1, 0.15) is 12.4 Å². The van der Waals surface area contributed by atoms with Crippen LogP contribution in [0.4, 0.5) is 0 Å². The van der Waals surface area contributed by atoms with E-state index in [0.29, 0.717) is 17.9 Å². The highest BCUT2D eigenvalue weighted by atomic mass is 35.5. The van der Waals surface area contributed by atoms with Gasteiger partial charge in [-0.1, -0.05) is 29.8 Å². The molecule has 0 aliphatic rings. The van der Waals surface area contributed by atoms with Gasteiger partial charge in [-0.15, -0.1) is 0 Å². The van der Waals surface area contributed by atoms with Crippen molar-refractivity contribution in [3.63, 3.8) is 0 Å². The zero-order valence-corrected chi connectivity index (χ0v) is 21.8. The number of nitrogens with zero attached hydrogens (tertiary/aromatic N) is 2. The number of aromatic carboxylic acids is 1. The summed E-state index contributed by atoms with van der Waals surface area (Å²) in [6.07, 6.45) is 0. The molecule has 2 heterocycles. The van der Waals surface area contributed by atoms with Gasteiger partial charge in [0.2, 0.25) is 0 Å². The standard InChI is InChI=1S/C25H24ClN3O7S/c1-25(2,16-6-4-5-7-21(16)36-13-12-35-3)37(33,34)15-8-9-17(26)20(14-15)29-22-18(28-24(29)32)10-11-19(27-22)23(30)31/h4-11,14H,12-13H2,1-3H3,(H,28,32)(H,30,31). The molecule has 4 aromatic rings. The summed E-state index contributed by atoms with van der Waals surface area (Å²) in [5.41, 5.74) is -0.197. The van der Waals surface area contributed by atoms with Crippen LogP contribution in [0, 0.1) is 0 Å². The lowest BCUT2D eigenvalue weighted by Gasteiger charge is -2.28. The number of halogens is 1. The van der Waals surface area contributed by atoms with Crippen molar-refractivity contribution in [2.45, 2.75) is 23.5 Å². The Morgan fingerprint density at radius 3 is 2.57 bits per heavy atom. The van der Waals surface area contributed by atoms with Crippen molar-refractivity contribution in [3.05, 3.63) is 81.4 Å². The second kappa shape index (κ2) is 10.0.